The molecule has 0 amide bonds. The van der Waals surface area contributed by atoms with Gasteiger partial charge in [-0.25, -0.2) is 4.57 Å². The molecular formula is C47H82NO8P. The van der Waals surface area contributed by atoms with Gasteiger partial charge in [0, 0.05) is 19.4 Å². The average Bonchev–Trinajstić information content (AvgIpc) is 3.20. The Bertz CT molecular complexity index is 1160. The Labute approximate surface area is 348 Å². The highest BCUT2D eigenvalue weighted by atomic mass is 31.2. The first-order chi connectivity index (χ1) is 27.8. The molecule has 9 nitrogen and oxygen atoms in total. The second-order valence-corrected chi connectivity index (χ2v) is 16.0. The van der Waals surface area contributed by atoms with E-state index in [-0.39, 0.29) is 32.6 Å². The normalized spacial score (nSPS) is 14.0. The van der Waals surface area contributed by atoms with E-state index < -0.39 is 32.5 Å². The summed E-state index contributed by atoms with van der Waals surface area (Å²) in [5.74, 6) is -0.872. The number of unbranched alkanes of at least 4 members (excludes halogenated alkanes) is 16. The van der Waals surface area contributed by atoms with Crippen LogP contribution in [-0.2, 0) is 32.7 Å². The molecule has 3 N–H and O–H groups in total. The molecule has 0 aliphatic rings. The van der Waals surface area contributed by atoms with Crippen LogP contribution in [0.15, 0.2) is 72.9 Å². The van der Waals surface area contributed by atoms with Crippen LogP contribution in [0.1, 0.15) is 181 Å². The van der Waals surface area contributed by atoms with Crippen molar-refractivity contribution in [1.29, 1.82) is 0 Å². The van der Waals surface area contributed by atoms with Crippen molar-refractivity contribution in [2.45, 2.75) is 187 Å². The first-order valence-electron chi connectivity index (χ1n) is 22.4. The van der Waals surface area contributed by atoms with Gasteiger partial charge in [0.1, 0.15) is 6.61 Å². The molecule has 0 rings (SSSR count). The highest BCUT2D eigenvalue weighted by molar-refractivity contribution is 7.47. The lowest BCUT2D eigenvalue weighted by atomic mass is 10.1. The minimum Gasteiger partial charge on any atom is -0.462 e. The molecule has 0 heterocycles. The Morgan fingerprint density at radius 1 is 0.544 bits per heavy atom. The van der Waals surface area contributed by atoms with Crippen LogP contribution in [0.3, 0.4) is 0 Å². The molecule has 0 aliphatic heterocycles. The van der Waals surface area contributed by atoms with Gasteiger partial charge in [0.2, 0.25) is 0 Å². The van der Waals surface area contributed by atoms with Crippen molar-refractivity contribution in [3.8, 4) is 0 Å². The molecule has 57 heavy (non-hydrogen) atoms. The van der Waals surface area contributed by atoms with Crippen molar-refractivity contribution in [2.75, 3.05) is 26.4 Å². The van der Waals surface area contributed by atoms with E-state index in [1.807, 2.05) is 0 Å². The number of rotatable bonds is 41. The van der Waals surface area contributed by atoms with Crippen LogP contribution in [0, 0.1) is 0 Å². The van der Waals surface area contributed by atoms with Gasteiger partial charge in [0.05, 0.1) is 13.2 Å². The zero-order valence-electron chi connectivity index (χ0n) is 36.0. The van der Waals surface area contributed by atoms with Gasteiger partial charge in [0.15, 0.2) is 6.10 Å². The third-order valence-electron chi connectivity index (χ3n) is 9.08. The molecule has 0 aliphatic carbocycles. The van der Waals surface area contributed by atoms with E-state index in [0.717, 1.165) is 70.6 Å². The molecule has 0 radical (unpaired) electrons. The van der Waals surface area contributed by atoms with Crippen LogP contribution in [0.25, 0.3) is 0 Å². The van der Waals surface area contributed by atoms with Gasteiger partial charge in [-0.3, -0.25) is 18.6 Å². The Morgan fingerprint density at radius 3 is 1.47 bits per heavy atom. The number of esters is 2. The minimum atomic E-state index is -4.39. The summed E-state index contributed by atoms with van der Waals surface area (Å²) >= 11 is 0. The molecule has 0 saturated heterocycles. The summed E-state index contributed by atoms with van der Waals surface area (Å²) in [6.07, 6.45) is 52.1. The Kier molecular flexibility index (Phi) is 41.1. The number of carbonyl (C=O) groups excluding carboxylic acids is 2. The summed E-state index contributed by atoms with van der Waals surface area (Å²) < 4.78 is 32.8. The lowest BCUT2D eigenvalue weighted by Crippen LogP contribution is -2.29. The largest absolute Gasteiger partial charge is 0.472 e. The third-order valence-corrected chi connectivity index (χ3v) is 10.1. The quantitative estimate of drug-likeness (QED) is 0.0267. The number of phosphoric acid groups is 1. The number of phosphoric ester groups is 1. The average molecular weight is 820 g/mol. The summed E-state index contributed by atoms with van der Waals surface area (Å²) in [7, 11) is -4.39. The summed E-state index contributed by atoms with van der Waals surface area (Å²) in [5.41, 5.74) is 5.35. The predicted octanol–water partition coefficient (Wildman–Crippen LogP) is 13.1. The molecular weight excluding hydrogens is 737 g/mol. The van der Waals surface area contributed by atoms with Crippen LogP contribution >= 0.6 is 7.82 Å². The summed E-state index contributed by atoms with van der Waals surface area (Å²) in [4.78, 5) is 34.9. The Balaban J connectivity index is 4.21. The molecule has 0 bridgehead atoms. The van der Waals surface area contributed by atoms with E-state index in [1.165, 1.54) is 77.0 Å². The molecule has 0 saturated carbocycles. The van der Waals surface area contributed by atoms with Crippen LogP contribution in [-0.4, -0.2) is 49.3 Å². The number of carbonyl (C=O) groups is 2. The minimum absolute atomic E-state index is 0.0441. The van der Waals surface area contributed by atoms with Crippen molar-refractivity contribution < 1.29 is 37.6 Å². The lowest BCUT2D eigenvalue weighted by molar-refractivity contribution is -0.161. The fourth-order valence-electron chi connectivity index (χ4n) is 5.77. The maximum atomic E-state index is 12.6. The SMILES string of the molecule is CC/C=C/C/C=C/C/C=C/C/C=C/C/C=C/CCCCCC(=O)O[C@H](COC(=O)CCCCCCCCCCC/C=C/CCCCCC)COP(=O)(O)OCCN. The first kappa shape index (κ1) is 54.5. The van der Waals surface area contributed by atoms with Crippen molar-refractivity contribution >= 4 is 19.8 Å². The molecule has 10 heteroatoms. The molecule has 0 aromatic rings. The van der Waals surface area contributed by atoms with Gasteiger partial charge < -0.3 is 20.1 Å². The van der Waals surface area contributed by atoms with Crippen LogP contribution in [0.4, 0.5) is 0 Å². The van der Waals surface area contributed by atoms with Crippen molar-refractivity contribution in [1.82, 2.24) is 0 Å². The van der Waals surface area contributed by atoms with Crippen molar-refractivity contribution in [2.24, 2.45) is 5.73 Å². The molecule has 0 aromatic carbocycles. The highest BCUT2D eigenvalue weighted by Crippen LogP contribution is 2.43. The molecule has 328 valence electrons. The van der Waals surface area contributed by atoms with Gasteiger partial charge >= 0.3 is 19.8 Å². The van der Waals surface area contributed by atoms with Gasteiger partial charge in [-0.05, 0) is 83.5 Å². The van der Waals surface area contributed by atoms with Gasteiger partial charge in [-0.2, -0.15) is 0 Å². The van der Waals surface area contributed by atoms with Gasteiger partial charge in [-0.1, -0.05) is 157 Å². The molecule has 0 aromatic heterocycles. The van der Waals surface area contributed by atoms with E-state index in [4.69, 9.17) is 24.3 Å². The zero-order chi connectivity index (χ0) is 41.8. The molecule has 0 spiro atoms. The zero-order valence-corrected chi connectivity index (χ0v) is 36.9. The maximum Gasteiger partial charge on any atom is 0.472 e. The second-order valence-electron chi connectivity index (χ2n) is 14.5. The summed E-state index contributed by atoms with van der Waals surface area (Å²) in [5, 5.41) is 0. The molecule has 1 unspecified atom stereocenters. The number of hydrogen-bond acceptors (Lipinski definition) is 8. The number of allylic oxidation sites excluding steroid dienone is 12. The fraction of sp³-hybridized carbons (Fsp3) is 0.702. The lowest BCUT2D eigenvalue weighted by Gasteiger charge is -2.19. The smallest absolute Gasteiger partial charge is 0.462 e. The third kappa shape index (κ3) is 42.9. The van der Waals surface area contributed by atoms with Gasteiger partial charge in [0.25, 0.3) is 0 Å². The van der Waals surface area contributed by atoms with Crippen LogP contribution in [0.5, 0.6) is 0 Å². The molecule has 2 atom stereocenters. The van der Waals surface area contributed by atoms with Crippen LogP contribution < -0.4 is 5.73 Å². The van der Waals surface area contributed by atoms with E-state index >= 15 is 0 Å². The first-order valence-corrected chi connectivity index (χ1v) is 23.9. The van der Waals surface area contributed by atoms with Gasteiger partial charge in [-0.15, -0.1) is 0 Å². The van der Waals surface area contributed by atoms with E-state index in [1.54, 1.807) is 0 Å². The summed E-state index contributed by atoms with van der Waals surface area (Å²) in [6.45, 7) is 3.56. The van der Waals surface area contributed by atoms with E-state index in [0.29, 0.717) is 6.42 Å². The predicted molar refractivity (Wildman–Crippen MR) is 238 cm³/mol. The highest BCUT2D eigenvalue weighted by Gasteiger charge is 2.26. The topological polar surface area (TPSA) is 134 Å². The number of hydrogen-bond donors (Lipinski definition) is 2. The Hall–Kier alpha value is -2.55. The molecule has 0 fully saturated rings. The van der Waals surface area contributed by atoms with Crippen LogP contribution in [0.2, 0.25) is 0 Å². The number of ether oxygens (including phenoxy) is 2. The van der Waals surface area contributed by atoms with Crippen molar-refractivity contribution in [3.63, 3.8) is 0 Å². The second kappa shape index (κ2) is 43.0. The summed E-state index contributed by atoms with van der Waals surface area (Å²) in [6, 6.07) is 0. The monoisotopic (exact) mass is 820 g/mol. The standard InChI is InChI=1S/C47H82NO8P/c1-3-5-7-9-11-13-15-17-19-21-22-24-26-28-30-32-34-36-38-40-47(50)56-45(44-55-57(51,52)54-42-41-48)43-53-46(49)39-37-35-33-31-29-27-25-23-20-18-16-14-12-10-8-6-4-2/h5,7,11,13-14,16-17,19,22,24,28,30,45H,3-4,6,8-10,12,15,18,20-21,23,25-27,29,31-44,48H2,1-2H3,(H,51,52)/b7-5+,13-11+,16-14+,19-17+,24-22+,30-28+/t45-/m1/s1. The van der Waals surface area contributed by atoms with E-state index in [2.05, 4.69) is 86.8 Å². The fourth-order valence-corrected chi connectivity index (χ4v) is 6.54. The Morgan fingerprint density at radius 2 is 0.965 bits per heavy atom. The van der Waals surface area contributed by atoms with Crippen molar-refractivity contribution in [3.05, 3.63) is 72.9 Å². The van der Waals surface area contributed by atoms with E-state index in [9.17, 15) is 19.0 Å². The maximum absolute atomic E-state index is 12.6. The number of nitrogens with two attached hydrogens (primary N) is 1.